The smallest absolute Gasteiger partial charge is 0.251 e. The van der Waals surface area contributed by atoms with Crippen molar-refractivity contribution in [3.05, 3.63) is 46.2 Å². The number of rotatable bonds is 6. The van der Waals surface area contributed by atoms with Gasteiger partial charge in [-0.15, -0.1) is 11.3 Å². The fraction of sp³-hybridized carbons (Fsp3) is 0.429. The van der Waals surface area contributed by atoms with Gasteiger partial charge in [-0.1, -0.05) is 12.1 Å². The topological polar surface area (TPSA) is 49.4 Å². The molecular weight excluding hydrogens is 344 g/mol. The van der Waals surface area contributed by atoms with Gasteiger partial charge in [-0.2, -0.15) is 0 Å². The molecule has 1 atom stereocenters. The number of Topliss-reactive ketones (excluding diaryl/α,β-unsaturated/α-hetero) is 1. The maximum absolute atomic E-state index is 12.5. The molecule has 1 saturated heterocycles. The maximum atomic E-state index is 12.5. The Morgan fingerprint density at radius 3 is 2.62 bits per heavy atom. The number of hydrogen-bond donors (Lipinski definition) is 1. The fourth-order valence-electron chi connectivity index (χ4n) is 3.68. The lowest BCUT2D eigenvalue weighted by Gasteiger charge is -2.28. The van der Waals surface area contributed by atoms with E-state index in [0.29, 0.717) is 24.2 Å². The molecule has 5 heteroatoms. The summed E-state index contributed by atoms with van der Waals surface area (Å²) in [6.45, 7) is 7.81. The zero-order valence-corrected chi connectivity index (χ0v) is 16.4. The second-order valence-electron chi connectivity index (χ2n) is 7.13. The van der Waals surface area contributed by atoms with Gasteiger partial charge in [0.05, 0.1) is 4.88 Å². The molecule has 138 valence electrons. The quantitative estimate of drug-likeness (QED) is 0.775. The first-order valence-corrected chi connectivity index (χ1v) is 10.1. The molecule has 1 aromatic heterocycles. The monoisotopic (exact) mass is 370 g/mol. The highest BCUT2D eigenvalue weighted by Crippen LogP contribution is 2.29. The fourth-order valence-corrected chi connectivity index (χ4v) is 4.50. The van der Waals surface area contributed by atoms with Crippen molar-refractivity contribution in [2.45, 2.75) is 45.7 Å². The minimum Gasteiger partial charge on any atom is -0.350 e. The van der Waals surface area contributed by atoms with Gasteiger partial charge in [0.25, 0.3) is 5.91 Å². The van der Waals surface area contributed by atoms with Crippen LogP contribution in [0.3, 0.4) is 0 Å². The summed E-state index contributed by atoms with van der Waals surface area (Å²) >= 11 is 1.45. The van der Waals surface area contributed by atoms with Crippen LogP contribution in [-0.4, -0.2) is 41.8 Å². The van der Waals surface area contributed by atoms with Crippen LogP contribution >= 0.6 is 11.3 Å². The lowest BCUT2D eigenvalue weighted by atomic mass is 10.0. The summed E-state index contributed by atoms with van der Waals surface area (Å²) < 4.78 is 0. The molecule has 1 aromatic carbocycles. The number of amides is 1. The van der Waals surface area contributed by atoms with Crippen LogP contribution in [0.1, 0.15) is 53.6 Å². The van der Waals surface area contributed by atoms with Gasteiger partial charge in [-0.3, -0.25) is 14.5 Å². The average Bonchev–Trinajstić information content (AvgIpc) is 3.29. The summed E-state index contributed by atoms with van der Waals surface area (Å²) in [6, 6.07) is 10.4. The number of nitrogens with zero attached hydrogens (tertiary/aromatic N) is 1. The van der Waals surface area contributed by atoms with Crippen LogP contribution in [0.15, 0.2) is 35.7 Å². The normalized spacial score (nSPS) is 17.6. The third kappa shape index (κ3) is 4.05. The highest BCUT2D eigenvalue weighted by atomic mass is 32.1. The molecule has 2 aromatic rings. The van der Waals surface area contributed by atoms with Crippen molar-refractivity contribution < 1.29 is 9.59 Å². The van der Waals surface area contributed by atoms with Crippen molar-refractivity contribution in [1.82, 2.24) is 10.2 Å². The molecule has 0 saturated carbocycles. The summed E-state index contributed by atoms with van der Waals surface area (Å²) in [5, 5.41) is 5.00. The lowest BCUT2D eigenvalue weighted by molar-refractivity contribution is 0.0934. The molecule has 0 bridgehead atoms. The van der Waals surface area contributed by atoms with Crippen molar-refractivity contribution in [3.63, 3.8) is 0 Å². The number of nitrogens with one attached hydrogen (secondary N) is 1. The Bertz CT molecular complexity index is 780. The van der Waals surface area contributed by atoms with E-state index in [0.717, 1.165) is 29.0 Å². The summed E-state index contributed by atoms with van der Waals surface area (Å²) in [6.07, 6.45) is 2.34. The molecule has 4 nitrogen and oxygen atoms in total. The summed E-state index contributed by atoms with van der Waals surface area (Å²) in [5.74, 6) is 0.0346. The molecule has 2 heterocycles. The van der Waals surface area contributed by atoms with Gasteiger partial charge in [0.15, 0.2) is 5.78 Å². The molecule has 1 aliphatic rings. The van der Waals surface area contributed by atoms with Crippen LogP contribution in [0.5, 0.6) is 0 Å². The molecule has 0 radical (unpaired) electrons. The minimum atomic E-state index is -0.0377. The number of carbonyl (C=O) groups is 2. The van der Waals surface area contributed by atoms with Crippen LogP contribution < -0.4 is 5.32 Å². The van der Waals surface area contributed by atoms with Gasteiger partial charge in [0.2, 0.25) is 0 Å². The maximum Gasteiger partial charge on any atom is 0.251 e. The Kier molecular flexibility index (Phi) is 5.89. The van der Waals surface area contributed by atoms with Crippen LogP contribution in [0.4, 0.5) is 0 Å². The van der Waals surface area contributed by atoms with E-state index in [1.54, 1.807) is 6.92 Å². The molecule has 1 amide bonds. The van der Waals surface area contributed by atoms with Crippen molar-refractivity contribution >= 4 is 23.0 Å². The first-order chi connectivity index (χ1) is 12.5. The molecule has 1 N–H and O–H groups in total. The lowest BCUT2D eigenvalue weighted by Crippen LogP contribution is -2.43. The van der Waals surface area contributed by atoms with Crippen LogP contribution in [0.2, 0.25) is 0 Å². The molecule has 1 aliphatic heterocycles. The van der Waals surface area contributed by atoms with Gasteiger partial charge in [-0.25, -0.2) is 0 Å². The number of likely N-dealkylation sites (tertiary alicyclic amines) is 1. The summed E-state index contributed by atoms with van der Waals surface area (Å²) in [4.78, 5) is 27.4. The highest BCUT2D eigenvalue weighted by Gasteiger charge is 2.26. The third-order valence-electron chi connectivity index (χ3n) is 5.03. The van der Waals surface area contributed by atoms with Crippen LogP contribution in [-0.2, 0) is 0 Å². The number of benzene rings is 1. The predicted molar refractivity (Wildman–Crippen MR) is 107 cm³/mol. The van der Waals surface area contributed by atoms with E-state index in [2.05, 4.69) is 24.1 Å². The van der Waals surface area contributed by atoms with E-state index in [1.165, 1.54) is 17.8 Å². The molecule has 1 fully saturated rings. The third-order valence-corrected chi connectivity index (χ3v) is 6.04. The van der Waals surface area contributed by atoms with E-state index in [-0.39, 0.29) is 11.7 Å². The molecule has 0 unspecified atom stereocenters. The number of thiophene rings is 1. The van der Waals surface area contributed by atoms with Gasteiger partial charge in [-0.05, 0) is 69.3 Å². The Morgan fingerprint density at radius 2 is 1.96 bits per heavy atom. The largest absolute Gasteiger partial charge is 0.350 e. The van der Waals surface area contributed by atoms with Gasteiger partial charge >= 0.3 is 0 Å². The minimum absolute atomic E-state index is 0.0377. The summed E-state index contributed by atoms with van der Waals surface area (Å²) in [5.41, 5.74) is 2.56. The van der Waals surface area contributed by atoms with E-state index in [9.17, 15) is 9.59 Å². The van der Waals surface area contributed by atoms with Gasteiger partial charge in [0, 0.05) is 29.8 Å². The molecule has 0 aliphatic carbocycles. The zero-order chi connectivity index (χ0) is 18.7. The average molecular weight is 371 g/mol. The second-order valence-corrected chi connectivity index (χ2v) is 8.05. The van der Waals surface area contributed by atoms with Gasteiger partial charge in [0.1, 0.15) is 0 Å². The van der Waals surface area contributed by atoms with E-state index in [1.807, 2.05) is 35.7 Å². The van der Waals surface area contributed by atoms with Crippen LogP contribution in [0, 0.1) is 0 Å². The van der Waals surface area contributed by atoms with Gasteiger partial charge < -0.3 is 5.32 Å². The Labute approximate surface area is 159 Å². The van der Waals surface area contributed by atoms with Crippen LogP contribution in [0.25, 0.3) is 11.1 Å². The van der Waals surface area contributed by atoms with E-state index in [4.69, 9.17) is 0 Å². The Balaban J connectivity index is 1.64. The molecule has 3 rings (SSSR count). The van der Waals surface area contributed by atoms with E-state index >= 15 is 0 Å². The molecule has 26 heavy (non-hydrogen) atoms. The summed E-state index contributed by atoms with van der Waals surface area (Å²) in [7, 11) is 0. The van der Waals surface area contributed by atoms with Crippen molar-refractivity contribution in [1.29, 1.82) is 0 Å². The predicted octanol–water partition coefficient (Wildman–Crippen LogP) is 4.22. The number of carbonyl (C=O) groups excluding carboxylic acids is 2. The standard InChI is InChI=1S/C21H26N2O2S/c1-14(2)23-11-4-5-18(23)13-22-21(25)17-8-6-16(7-9-17)19-10-12-26-20(19)15(3)24/h6-10,12,14,18H,4-5,11,13H2,1-3H3,(H,22,25)/t18-/m0/s1. The van der Waals surface area contributed by atoms with E-state index < -0.39 is 0 Å². The van der Waals surface area contributed by atoms with Crippen molar-refractivity contribution in [2.75, 3.05) is 13.1 Å². The highest BCUT2D eigenvalue weighted by molar-refractivity contribution is 7.12. The van der Waals surface area contributed by atoms with Crippen molar-refractivity contribution in [3.8, 4) is 11.1 Å². The first kappa shape index (κ1) is 18.8. The zero-order valence-electron chi connectivity index (χ0n) is 15.6. The number of ketones is 1. The first-order valence-electron chi connectivity index (χ1n) is 9.20. The SMILES string of the molecule is CC(=O)c1sccc1-c1ccc(C(=O)NC[C@@H]2CCCN2C(C)C)cc1. The Hall–Kier alpha value is -1.98. The Morgan fingerprint density at radius 1 is 1.23 bits per heavy atom. The number of hydrogen-bond acceptors (Lipinski definition) is 4. The molecular formula is C21H26N2O2S. The molecule has 0 spiro atoms. The van der Waals surface area contributed by atoms with Crippen molar-refractivity contribution in [2.24, 2.45) is 0 Å². The second kappa shape index (κ2) is 8.14.